The number of halogens is 3. The minimum atomic E-state index is 0.488. The average Bonchev–Trinajstić information content (AvgIpc) is 2.40. The first-order chi connectivity index (χ1) is 9.06. The maximum absolute atomic E-state index is 5.94. The lowest BCUT2D eigenvalue weighted by atomic mass is 10.1. The van der Waals surface area contributed by atoms with E-state index in [1.165, 1.54) is 0 Å². The molecular formula is C14H11Cl3N2. The van der Waals surface area contributed by atoms with Crippen LogP contribution in [0.3, 0.4) is 0 Å². The highest BCUT2D eigenvalue weighted by molar-refractivity contribution is 6.42. The largest absolute Gasteiger partial charge is 0.278 e. The molecule has 0 amide bonds. The molecule has 0 aliphatic rings. The molecule has 2 nitrogen and oxygen atoms in total. The highest BCUT2D eigenvalue weighted by atomic mass is 35.5. The van der Waals surface area contributed by atoms with Crippen LogP contribution in [0.4, 0.5) is 5.69 Å². The summed E-state index contributed by atoms with van der Waals surface area (Å²) in [6, 6.07) is 12.8. The zero-order chi connectivity index (χ0) is 13.8. The van der Waals surface area contributed by atoms with E-state index >= 15 is 0 Å². The van der Waals surface area contributed by atoms with Crippen molar-refractivity contribution in [2.24, 2.45) is 5.10 Å². The molecular weight excluding hydrogens is 303 g/mol. The summed E-state index contributed by atoms with van der Waals surface area (Å²) in [6.07, 6.45) is 0. The second-order valence-electron chi connectivity index (χ2n) is 3.95. The first-order valence-electron chi connectivity index (χ1n) is 5.57. The fourth-order valence-electron chi connectivity index (χ4n) is 1.49. The van der Waals surface area contributed by atoms with E-state index < -0.39 is 0 Å². The lowest BCUT2D eigenvalue weighted by Crippen LogP contribution is -1.99. The number of rotatable bonds is 3. The third-order valence-corrected chi connectivity index (χ3v) is 3.49. The van der Waals surface area contributed by atoms with Crippen LogP contribution in [-0.4, -0.2) is 5.71 Å². The van der Waals surface area contributed by atoms with Gasteiger partial charge in [0.1, 0.15) is 0 Å². The van der Waals surface area contributed by atoms with Gasteiger partial charge in [-0.2, -0.15) is 5.10 Å². The van der Waals surface area contributed by atoms with Crippen LogP contribution in [-0.2, 0) is 0 Å². The van der Waals surface area contributed by atoms with Gasteiger partial charge in [-0.15, -0.1) is 0 Å². The first-order valence-corrected chi connectivity index (χ1v) is 6.71. The van der Waals surface area contributed by atoms with Crippen molar-refractivity contribution in [2.45, 2.75) is 6.92 Å². The van der Waals surface area contributed by atoms with Gasteiger partial charge in [-0.1, -0.05) is 46.9 Å². The summed E-state index contributed by atoms with van der Waals surface area (Å²) in [4.78, 5) is 0. The fourth-order valence-corrected chi connectivity index (χ4v) is 1.98. The molecule has 98 valence electrons. The molecule has 0 spiro atoms. The minimum absolute atomic E-state index is 0.488. The Bertz CT molecular complexity index is 624. The lowest BCUT2D eigenvalue weighted by Gasteiger charge is -2.05. The Hall–Kier alpha value is -1.22. The molecule has 5 heteroatoms. The van der Waals surface area contributed by atoms with E-state index in [9.17, 15) is 0 Å². The van der Waals surface area contributed by atoms with E-state index in [0.717, 1.165) is 17.0 Å². The van der Waals surface area contributed by atoms with E-state index in [4.69, 9.17) is 34.8 Å². The number of benzene rings is 2. The number of anilines is 1. The van der Waals surface area contributed by atoms with Gasteiger partial charge < -0.3 is 0 Å². The van der Waals surface area contributed by atoms with Crippen LogP contribution in [0.1, 0.15) is 12.5 Å². The summed E-state index contributed by atoms with van der Waals surface area (Å²) >= 11 is 17.7. The number of hydrogen-bond donors (Lipinski definition) is 1. The summed E-state index contributed by atoms with van der Waals surface area (Å²) in [5.74, 6) is 0. The standard InChI is InChI=1S/C14H11Cl3N2/c1-9(10-3-2-4-11(15)7-10)18-19-12-5-6-13(16)14(17)8-12/h2-8,19H,1H3/b18-9-. The van der Waals surface area contributed by atoms with Crippen LogP contribution < -0.4 is 5.43 Å². The van der Waals surface area contributed by atoms with Crippen molar-refractivity contribution in [3.63, 3.8) is 0 Å². The van der Waals surface area contributed by atoms with Crippen LogP contribution in [0, 0.1) is 0 Å². The van der Waals surface area contributed by atoms with Crippen molar-refractivity contribution in [1.29, 1.82) is 0 Å². The maximum atomic E-state index is 5.94. The Kier molecular flexibility index (Phi) is 4.70. The van der Waals surface area contributed by atoms with Crippen molar-refractivity contribution in [3.05, 3.63) is 63.1 Å². The predicted octanol–water partition coefficient (Wildman–Crippen LogP) is 5.48. The summed E-state index contributed by atoms with van der Waals surface area (Å²) in [5, 5.41) is 5.97. The molecule has 0 radical (unpaired) electrons. The van der Waals surface area contributed by atoms with E-state index in [1.807, 2.05) is 37.3 Å². The third-order valence-electron chi connectivity index (χ3n) is 2.51. The van der Waals surface area contributed by atoms with Crippen molar-refractivity contribution < 1.29 is 0 Å². The third kappa shape index (κ3) is 3.87. The Balaban J connectivity index is 2.15. The van der Waals surface area contributed by atoms with E-state index in [1.54, 1.807) is 12.1 Å². The number of hydrogen-bond acceptors (Lipinski definition) is 2. The Morgan fingerprint density at radius 2 is 1.79 bits per heavy atom. The van der Waals surface area contributed by atoms with Gasteiger partial charge in [-0.3, -0.25) is 5.43 Å². The molecule has 0 aromatic heterocycles. The molecule has 1 N–H and O–H groups in total. The molecule has 0 unspecified atom stereocenters. The van der Waals surface area contributed by atoms with Gasteiger partial charge in [0.15, 0.2) is 0 Å². The van der Waals surface area contributed by atoms with Crippen molar-refractivity contribution in [1.82, 2.24) is 0 Å². The number of hydrazone groups is 1. The van der Waals surface area contributed by atoms with Crippen molar-refractivity contribution >= 4 is 46.2 Å². The molecule has 0 atom stereocenters. The van der Waals surface area contributed by atoms with Gasteiger partial charge >= 0.3 is 0 Å². The molecule has 19 heavy (non-hydrogen) atoms. The highest BCUT2D eigenvalue weighted by Gasteiger charge is 2.00. The van der Waals surface area contributed by atoms with Crippen LogP contribution in [0.25, 0.3) is 0 Å². The van der Waals surface area contributed by atoms with Gasteiger partial charge in [-0.25, -0.2) is 0 Å². The van der Waals surface area contributed by atoms with E-state index in [0.29, 0.717) is 15.1 Å². The summed E-state index contributed by atoms with van der Waals surface area (Å²) in [5.41, 5.74) is 5.49. The predicted molar refractivity (Wildman–Crippen MR) is 83.7 cm³/mol. The van der Waals surface area contributed by atoms with Gasteiger partial charge in [-0.05, 0) is 42.8 Å². The zero-order valence-electron chi connectivity index (χ0n) is 10.1. The van der Waals surface area contributed by atoms with E-state index in [2.05, 4.69) is 10.5 Å². The number of nitrogens with one attached hydrogen (secondary N) is 1. The Labute approximate surface area is 127 Å². The van der Waals surface area contributed by atoms with Crippen molar-refractivity contribution in [2.75, 3.05) is 5.43 Å². The highest BCUT2D eigenvalue weighted by Crippen LogP contribution is 2.25. The molecule has 0 saturated heterocycles. The Morgan fingerprint density at radius 3 is 2.47 bits per heavy atom. The summed E-state index contributed by atoms with van der Waals surface area (Å²) < 4.78 is 0. The quantitative estimate of drug-likeness (QED) is 0.588. The smallest absolute Gasteiger partial charge is 0.0649 e. The molecule has 2 rings (SSSR count). The van der Waals surface area contributed by atoms with Gasteiger partial charge in [0.05, 0.1) is 21.4 Å². The molecule has 2 aromatic rings. The second kappa shape index (κ2) is 6.29. The SMILES string of the molecule is C/C(=N/Nc1ccc(Cl)c(Cl)c1)c1cccc(Cl)c1. The molecule has 0 aliphatic carbocycles. The normalized spacial score (nSPS) is 11.5. The molecule has 0 aliphatic heterocycles. The van der Waals surface area contributed by atoms with Crippen LogP contribution in [0.15, 0.2) is 47.6 Å². The first kappa shape index (κ1) is 14.2. The van der Waals surface area contributed by atoms with Crippen LogP contribution in [0.5, 0.6) is 0 Å². The zero-order valence-corrected chi connectivity index (χ0v) is 12.4. The molecule has 0 bridgehead atoms. The van der Waals surface area contributed by atoms with Gasteiger partial charge in [0.25, 0.3) is 0 Å². The van der Waals surface area contributed by atoms with Crippen LogP contribution >= 0.6 is 34.8 Å². The Morgan fingerprint density at radius 1 is 1.00 bits per heavy atom. The monoisotopic (exact) mass is 312 g/mol. The minimum Gasteiger partial charge on any atom is -0.278 e. The average molecular weight is 314 g/mol. The van der Waals surface area contributed by atoms with E-state index in [-0.39, 0.29) is 0 Å². The molecule has 0 fully saturated rings. The second-order valence-corrected chi connectivity index (χ2v) is 5.20. The molecule has 2 aromatic carbocycles. The summed E-state index contributed by atoms with van der Waals surface area (Å²) in [6.45, 7) is 1.90. The lowest BCUT2D eigenvalue weighted by molar-refractivity contribution is 1.32. The topological polar surface area (TPSA) is 24.4 Å². The molecule has 0 saturated carbocycles. The van der Waals surface area contributed by atoms with Crippen LogP contribution in [0.2, 0.25) is 15.1 Å². The maximum Gasteiger partial charge on any atom is 0.0649 e. The van der Waals surface area contributed by atoms with Gasteiger partial charge in [0, 0.05) is 5.02 Å². The summed E-state index contributed by atoms with van der Waals surface area (Å²) in [7, 11) is 0. The van der Waals surface area contributed by atoms with Crippen molar-refractivity contribution in [3.8, 4) is 0 Å². The number of nitrogens with zero attached hydrogens (tertiary/aromatic N) is 1. The fraction of sp³-hybridized carbons (Fsp3) is 0.0714. The van der Waals surface area contributed by atoms with Gasteiger partial charge in [0.2, 0.25) is 0 Å². The molecule has 0 heterocycles.